The topological polar surface area (TPSA) is 29.5 Å². The summed E-state index contributed by atoms with van der Waals surface area (Å²) in [4.78, 5) is 14.6. The molecular weight excluding hydrogens is 286 g/mol. The Morgan fingerprint density at radius 2 is 1.83 bits per heavy atom. The Bertz CT molecular complexity index is 636. The molecule has 1 heterocycles. The maximum absolute atomic E-state index is 12.4. The minimum atomic E-state index is -0.111. The highest BCUT2D eigenvalue weighted by atomic mass is 16.5. The van der Waals surface area contributed by atoms with Gasteiger partial charge in [-0.15, -0.1) is 0 Å². The number of ether oxygens (including phenoxy) is 1. The molecule has 1 unspecified atom stereocenters. The van der Waals surface area contributed by atoms with Crippen LogP contribution < -0.4 is 0 Å². The van der Waals surface area contributed by atoms with Gasteiger partial charge in [0.05, 0.1) is 0 Å². The Balaban J connectivity index is 1.57. The van der Waals surface area contributed by atoms with Crippen LogP contribution >= 0.6 is 0 Å². The largest absolute Gasteiger partial charge is 0.460 e. The summed E-state index contributed by atoms with van der Waals surface area (Å²) >= 11 is 0. The molecule has 2 aromatic carbocycles. The molecule has 1 aliphatic rings. The molecule has 2 aromatic rings. The minimum Gasteiger partial charge on any atom is -0.460 e. The third-order valence-electron chi connectivity index (χ3n) is 4.37. The molecule has 1 fully saturated rings. The van der Waals surface area contributed by atoms with E-state index in [1.54, 1.807) is 0 Å². The van der Waals surface area contributed by atoms with Gasteiger partial charge >= 0.3 is 5.97 Å². The Hall–Kier alpha value is -2.13. The monoisotopic (exact) mass is 309 g/mol. The molecule has 0 aromatic heterocycles. The lowest BCUT2D eigenvalue weighted by atomic mass is 10.1. The Morgan fingerprint density at radius 3 is 2.57 bits per heavy atom. The first-order valence-corrected chi connectivity index (χ1v) is 8.22. The average Bonchev–Trinajstić information content (AvgIpc) is 3.04. The molecule has 120 valence electrons. The molecule has 3 heteroatoms. The van der Waals surface area contributed by atoms with Crippen molar-refractivity contribution < 1.29 is 9.53 Å². The minimum absolute atomic E-state index is 0.0986. The van der Waals surface area contributed by atoms with Crippen LogP contribution in [0.3, 0.4) is 0 Å². The first-order valence-electron chi connectivity index (χ1n) is 8.22. The number of carbonyl (C=O) groups excluding carboxylic acids is 1. The van der Waals surface area contributed by atoms with Gasteiger partial charge in [0.1, 0.15) is 12.6 Å². The van der Waals surface area contributed by atoms with Gasteiger partial charge in [-0.3, -0.25) is 9.69 Å². The van der Waals surface area contributed by atoms with Crippen molar-refractivity contribution in [2.75, 3.05) is 6.54 Å². The van der Waals surface area contributed by atoms with Crippen LogP contribution in [0.25, 0.3) is 0 Å². The zero-order valence-electron chi connectivity index (χ0n) is 13.6. The molecule has 0 N–H and O–H groups in total. The van der Waals surface area contributed by atoms with Crippen molar-refractivity contribution in [2.24, 2.45) is 0 Å². The molecule has 1 saturated heterocycles. The lowest BCUT2D eigenvalue weighted by molar-refractivity contribution is -0.150. The van der Waals surface area contributed by atoms with Gasteiger partial charge in [-0.05, 0) is 37.4 Å². The summed E-state index contributed by atoms with van der Waals surface area (Å²) in [6, 6.07) is 18.2. The van der Waals surface area contributed by atoms with Gasteiger partial charge in [0.2, 0.25) is 0 Å². The molecular formula is C20H23NO2. The van der Waals surface area contributed by atoms with Crippen molar-refractivity contribution in [3.8, 4) is 0 Å². The van der Waals surface area contributed by atoms with Crippen molar-refractivity contribution in [3.05, 3.63) is 71.3 Å². The van der Waals surface area contributed by atoms with E-state index in [0.29, 0.717) is 6.61 Å². The number of hydrogen-bond donors (Lipinski definition) is 0. The number of hydrogen-bond acceptors (Lipinski definition) is 3. The third kappa shape index (κ3) is 4.20. The number of likely N-dealkylation sites (tertiary alicyclic amines) is 1. The second-order valence-electron chi connectivity index (χ2n) is 6.21. The number of carbonyl (C=O) groups is 1. The van der Waals surface area contributed by atoms with Gasteiger partial charge in [-0.25, -0.2) is 0 Å². The molecule has 23 heavy (non-hydrogen) atoms. The fraction of sp³-hybridized carbons (Fsp3) is 0.350. The summed E-state index contributed by atoms with van der Waals surface area (Å²) < 4.78 is 5.52. The van der Waals surface area contributed by atoms with Gasteiger partial charge in [-0.2, -0.15) is 0 Å². The summed E-state index contributed by atoms with van der Waals surface area (Å²) in [6.07, 6.45) is 1.94. The van der Waals surface area contributed by atoms with E-state index in [-0.39, 0.29) is 12.0 Å². The van der Waals surface area contributed by atoms with E-state index in [2.05, 4.69) is 36.1 Å². The van der Waals surface area contributed by atoms with Gasteiger partial charge in [0, 0.05) is 6.54 Å². The lowest BCUT2D eigenvalue weighted by Crippen LogP contribution is -2.36. The number of esters is 1. The average molecular weight is 309 g/mol. The van der Waals surface area contributed by atoms with Crippen LogP contribution in [0.5, 0.6) is 0 Å². The Labute approximate surface area is 137 Å². The highest BCUT2D eigenvalue weighted by Crippen LogP contribution is 2.21. The van der Waals surface area contributed by atoms with E-state index in [1.165, 1.54) is 11.1 Å². The second kappa shape index (κ2) is 7.42. The van der Waals surface area contributed by atoms with Gasteiger partial charge in [0.25, 0.3) is 0 Å². The van der Waals surface area contributed by atoms with E-state index >= 15 is 0 Å². The maximum Gasteiger partial charge on any atom is 0.323 e. The van der Waals surface area contributed by atoms with E-state index in [0.717, 1.165) is 31.5 Å². The molecule has 0 amide bonds. The van der Waals surface area contributed by atoms with Crippen molar-refractivity contribution in [3.63, 3.8) is 0 Å². The van der Waals surface area contributed by atoms with E-state index in [9.17, 15) is 4.79 Å². The van der Waals surface area contributed by atoms with Crippen LogP contribution in [0.1, 0.15) is 29.5 Å². The summed E-state index contributed by atoms with van der Waals surface area (Å²) in [6.45, 7) is 4.21. The van der Waals surface area contributed by atoms with E-state index < -0.39 is 0 Å². The third-order valence-corrected chi connectivity index (χ3v) is 4.37. The fourth-order valence-corrected chi connectivity index (χ4v) is 3.04. The molecule has 0 radical (unpaired) electrons. The fourth-order valence-electron chi connectivity index (χ4n) is 3.04. The standard InChI is InChI=1S/C20H23NO2/c1-16-9-11-17(12-10-16)14-21-13-5-8-19(21)20(22)23-15-18-6-3-2-4-7-18/h2-4,6-7,9-12,19H,5,8,13-15H2,1H3. The first-order chi connectivity index (χ1) is 11.2. The lowest BCUT2D eigenvalue weighted by Gasteiger charge is -2.23. The number of nitrogens with zero attached hydrogens (tertiary/aromatic N) is 1. The zero-order chi connectivity index (χ0) is 16.1. The molecule has 3 rings (SSSR count). The SMILES string of the molecule is Cc1ccc(CN2CCCC2C(=O)OCc2ccccc2)cc1. The predicted octanol–water partition coefficient (Wildman–Crippen LogP) is 3.70. The number of rotatable bonds is 5. The van der Waals surface area contributed by atoms with Crippen LogP contribution in [0, 0.1) is 6.92 Å². The smallest absolute Gasteiger partial charge is 0.323 e. The summed E-state index contributed by atoms with van der Waals surface area (Å²) in [5.41, 5.74) is 3.54. The zero-order valence-corrected chi connectivity index (χ0v) is 13.6. The maximum atomic E-state index is 12.4. The predicted molar refractivity (Wildman–Crippen MR) is 90.8 cm³/mol. The normalized spacial score (nSPS) is 18.0. The molecule has 0 aliphatic carbocycles. The second-order valence-corrected chi connectivity index (χ2v) is 6.21. The molecule has 0 bridgehead atoms. The summed E-state index contributed by atoms with van der Waals surface area (Å²) in [7, 11) is 0. The molecule has 1 atom stereocenters. The van der Waals surface area contributed by atoms with Crippen molar-refractivity contribution in [1.29, 1.82) is 0 Å². The van der Waals surface area contributed by atoms with Crippen LogP contribution in [-0.4, -0.2) is 23.5 Å². The Kier molecular flexibility index (Phi) is 5.09. The van der Waals surface area contributed by atoms with Crippen molar-refractivity contribution >= 4 is 5.97 Å². The van der Waals surface area contributed by atoms with Gasteiger partial charge in [0.15, 0.2) is 0 Å². The molecule has 3 nitrogen and oxygen atoms in total. The van der Waals surface area contributed by atoms with Crippen LogP contribution in [0.15, 0.2) is 54.6 Å². The first kappa shape index (κ1) is 15.8. The van der Waals surface area contributed by atoms with Gasteiger partial charge < -0.3 is 4.74 Å². The van der Waals surface area contributed by atoms with Crippen LogP contribution in [0.2, 0.25) is 0 Å². The highest BCUT2D eigenvalue weighted by molar-refractivity contribution is 5.76. The van der Waals surface area contributed by atoms with E-state index in [1.807, 2.05) is 30.3 Å². The molecule has 1 aliphatic heterocycles. The molecule has 0 saturated carbocycles. The summed E-state index contributed by atoms with van der Waals surface area (Å²) in [5, 5.41) is 0. The number of aryl methyl sites for hydroxylation is 1. The quantitative estimate of drug-likeness (QED) is 0.789. The summed E-state index contributed by atoms with van der Waals surface area (Å²) in [5.74, 6) is -0.0986. The van der Waals surface area contributed by atoms with Crippen LogP contribution in [-0.2, 0) is 22.7 Å². The van der Waals surface area contributed by atoms with Crippen molar-refractivity contribution in [2.45, 2.75) is 39.0 Å². The highest BCUT2D eigenvalue weighted by Gasteiger charge is 2.31. The number of benzene rings is 2. The molecule has 0 spiro atoms. The van der Waals surface area contributed by atoms with Crippen LogP contribution in [0.4, 0.5) is 0 Å². The van der Waals surface area contributed by atoms with Crippen molar-refractivity contribution in [1.82, 2.24) is 4.90 Å². The van der Waals surface area contributed by atoms with Gasteiger partial charge in [-0.1, -0.05) is 60.2 Å². The Morgan fingerprint density at radius 1 is 1.09 bits per heavy atom. The van der Waals surface area contributed by atoms with E-state index in [4.69, 9.17) is 4.74 Å².